The van der Waals surface area contributed by atoms with E-state index < -0.39 is 0 Å². The molecule has 1 amide bonds. The van der Waals surface area contributed by atoms with E-state index in [9.17, 15) is 4.79 Å². The summed E-state index contributed by atoms with van der Waals surface area (Å²) in [6.07, 6.45) is 2.81. The zero-order valence-electron chi connectivity index (χ0n) is 8.49. The molecule has 0 aliphatic carbocycles. The molecule has 0 aliphatic rings. The van der Waals surface area contributed by atoms with Gasteiger partial charge in [0, 0.05) is 18.3 Å². The maximum atomic E-state index is 10.7. The summed E-state index contributed by atoms with van der Waals surface area (Å²) in [7, 11) is 1.61. The second-order valence-electron chi connectivity index (χ2n) is 2.94. The molecule has 75 valence electrons. The van der Waals surface area contributed by atoms with Gasteiger partial charge in [-0.2, -0.15) is 0 Å². The fourth-order valence-electron chi connectivity index (χ4n) is 1.23. The predicted octanol–water partition coefficient (Wildman–Crippen LogP) is 1.98. The molecule has 0 saturated heterocycles. The van der Waals surface area contributed by atoms with Gasteiger partial charge < -0.3 is 9.64 Å². The molecule has 0 atom stereocenters. The molecule has 0 unspecified atom stereocenters. The van der Waals surface area contributed by atoms with Crippen LogP contribution in [0.4, 0.5) is 5.69 Å². The number of anilines is 1. The number of hydrogen-bond donors (Lipinski definition) is 0. The molecule has 0 fully saturated rings. The van der Waals surface area contributed by atoms with E-state index in [1.165, 1.54) is 0 Å². The third-order valence-electron chi connectivity index (χ3n) is 1.92. The molecule has 3 nitrogen and oxygen atoms in total. The van der Waals surface area contributed by atoms with Gasteiger partial charge in [-0.3, -0.25) is 4.79 Å². The first kappa shape index (κ1) is 10.6. The van der Waals surface area contributed by atoms with Gasteiger partial charge in [0.2, 0.25) is 0 Å². The maximum absolute atomic E-state index is 10.7. The monoisotopic (exact) mass is 192 g/mol. The minimum Gasteiger partial charge on any atom is -0.497 e. The first-order valence-electron chi connectivity index (χ1n) is 4.61. The molecule has 3 heteroatoms. The Morgan fingerprint density at radius 1 is 1.50 bits per heavy atom. The third kappa shape index (κ3) is 2.49. The lowest BCUT2D eigenvalue weighted by Gasteiger charge is -2.15. The summed E-state index contributed by atoms with van der Waals surface area (Å²) in [5.74, 6) is 0.749. The van der Waals surface area contributed by atoms with E-state index in [1.54, 1.807) is 12.0 Å². The molecule has 1 rings (SSSR count). The molecule has 0 spiro atoms. The molecule has 0 aromatic heterocycles. The second kappa shape index (κ2) is 5.27. The van der Waals surface area contributed by atoms with Crippen molar-refractivity contribution in [2.45, 2.75) is 13.3 Å². The largest absolute Gasteiger partial charge is 0.497 e. The molecule has 14 heavy (non-hydrogen) atoms. The highest BCUT2D eigenvalue weighted by Gasteiger charge is 2.05. The quantitative estimate of drug-likeness (QED) is 0.667. The van der Waals surface area contributed by atoms with Crippen molar-refractivity contribution in [2.24, 2.45) is 0 Å². The zero-order chi connectivity index (χ0) is 10.4. The van der Waals surface area contributed by atoms with E-state index in [-0.39, 0.29) is 0 Å². The van der Waals surface area contributed by atoms with Crippen molar-refractivity contribution >= 4 is 12.1 Å². The molecule has 0 heterocycles. The summed E-state index contributed by atoms with van der Waals surface area (Å²) in [5, 5.41) is 0. The zero-order valence-corrected chi connectivity index (χ0v) is 8.49. The molecule has 1 aromatic carbocycles. The van der Waals surface area contributed by atoms with Crippen LogP contribution < -0.4 is 9.64 Å². The minimum atomic E-state index is 0.677. The molecule has 1 aromatic rings. The van der Waals surface area contributed by atoms with Crippen molar-refractivity contribution < 1.29 is 9.53 Å². The van der Waals surface area contributed by atoms with Gasteiger partial charge in [-0.05, 0) is 18.6 Å². The number of carbonyl (C=O) groups excluding carboxylic acids is 1. The summed E-state index contributed by atoms with van der Waals surface area (Å²) < 4.78 is 5.07. The van der Waals surface area contributed by atoms with Crippen molar-refractivity contribution in [3.8, 4) is 5.75 Å². The first-order valence-corrected chi connectivity index (χ1v) is 4.61. The van der Waals surface area contributed by atoms with E-state index in [2.05, 4.69) is 0 Å². The number of nitrogens with zero attached hydrogens (tertiary/aromatic N) is 1. The van der Waals surface area contributed by atoms with Crippen LogP contribution >= 0.6 is 0 Å². The van der Waals surface area contributed by atoms with Crippen LogP contribution in [0.1, 0.15) is 13.3 Å². The van der Waals surface area contributed by atoms with E-state index >= 15 is 0 Å². The third-order valence-corrected chi connectivity index (χ3v) is 1.92. The van der Waals surface area contributed by atoms with Gasteiger partial charge in [0.1, 0.15) is 5.75 Å². The van der Waals surface area contributed by atoms with Crippen LogP contribution in [0.15, 0.2) is 24.3 Å². The fraction of sp³-hybridized carbons (Fsp3) is 0.364. The number of ether oxygens (including phenoxy) is 1. The van der Waals surface area contributed by atoms with Crippen LogP contribution in [-0.2, 0) is 4.79 Å². The van der Waals surface area contributed by atoms with Crippen LogP contribution in [0, 0.1) is 0 Å². The Labute approximate surface area is 84.3 Å². The van der Waals surface area contributed by atoms with E-state index in [0.29, 0.717) is 6.54 Å². The Morgan fingerprint density at radius 3 is 2.86 bits per heavy atom. The van der Waals surface area contributed by atoms with Gasteiger partial charge in [-0.1, -0.05) is 13.0 Å². The summed E-state index contributed by atoms with van der Waals surface area (Å²) in [4.78, 5) is 12.2. The Bertz CT molecular complexity index is 299. The number of methoxy groups -OCH3 is 1. The van der Waals surface area contributed by atoms with Gasteiger partial charge >= 0.3 is 6.41 Å². The number of amides is 1. The average molecular weight is 192 g/mol. The molecular formula is C11H14NO2. The van der Waals surface area contributed by atoms with E-state index in [1.807, 2.05) is 37.6 Å². The Kier molecular flexibility index (Phi) is 3.98. The van der Waals surface area contributed by atoms with Crippen LogP contribution in [-0.4, -0.2) is 20.1 Å². The molecule has 0 aliphatic heterocycles. The molecule has 0 N–H and O–H groups in total. The average Bonchev–Trinajstić information content (AvgIpc) is 2.26. The summed E-state index contributed by atoms with van der Waals surface area (Å²) in [6, 6.07) is 7.39. The van der Waals surface area contributed by atoms with Crippen LogP contribution in [0.2, 0.25) is 0 Å². The van der Waals surface area contributed by atoms with Crippen molar-refractivity contribution in [1.82, 2.24) is 0 Å². The van der Waals surface area contributed by atoms with Crippen LogP contribution in [0.5, 0.6) is 5.75 Å². The topological polar surface area (TPSA) is 29.5 Å². The highest BCUT2D eigenvalue weighted by atomic mass is 16.5. The van der Waals surface area contributed by atoms with Crippen molar-refractivity contribution in [2.75, 3.05) is 18.6 Å². The number of benzene rings is 1. The smallest absolute Gasteiger partial charge is 0.316 e. The molecule has 1 radical (unpaired) electrons. The fourth-order valence-corrected chi connectivity index (χ4v) is 1.23. The van der Waals surface area contributed by atoms with Gasteiger partial charge in [-0.15, -0.1) is 0 Å². The van der Waals surface area contributed by atoms with Crippen molar-refractivity contribution in [3.05, 3.63) is 24.3 Å². The predicted molar refractivity (Wildman–Crippen MR) is 56.3 cm³/mol. The highest BCUT2D eigenvalue weighted by Crippen LogP contribution is 2.19. The van der Waals surface area contributed by atoms with Gasteiger partial charge in [0.05, 0.1) is 7.11 Å². The lowest BCUT2D eigenvalue weighted by molar-refractivity contribution is 0.415. The molecule has 0 saturated carbocycles. The SMILES string of the molecule is CCCN([C]=O)c1cccc(OC)c1. The summed E-state index contributed by atoms with van der Waals surface area (Å²) in [6.45, 7) is 2.70. The minimum absolute atomic E-state index is 0.677. The van der Waals surface area contributed by atoms with Crippen molar-refractivity contribution in [1.29, 1.82) is 0 Å². The van der Waals surface area contributed by atoms with Crippen LogP contribution in [0.25, 0.3) is 0 Å². The Balaban J connectivity index is 2.86. The summed E-state index contributed by atoms with van der Waals surface area (Å²) in [5.41, 5.74) is 0.821. The lowest BCUT2D eigenvalue weighted by atomic mass is 10.2. The van der Waals surface area contributed by atoms with E-state index in [0.717, 1.165) is 17.9 Å². The van der Waals surface area contributed by atoms with Crippen LogP contribution in [0.3, 0.4) is 0 Å². The lowest BCUT2D eigenvalue weighted by Crippen LogP contribution is -2.21. The number of rotatable bonds is 5. The van der Waals surface area contributed by atoms with Gasteiger partial charge in [-0.25, -0.2) is 0 Å². The van der Waals surface area contributed by atoms with Crippen molar-refractivity contribution in [3.63, 3.8) is 0 Å². The normalized spacial score (nSPS) is 9.57. The molecule has 0 bridgehead atoms. The maximum Gasteiger partial charge on any atom is 0.316 e. The first-order chi connectivity index (χ1) is 6.81. The standard InChI is InChI=1S/C11H14NO2/c1-3-7-12(9-13)10-5-4-6-11(8-10)14-2/h4-6,8H,3,7H2,1-2H3. The number of hydrogen-bond acceptors (Lipinski definition) is 2. The van der Waals surface area contributed by atoms with Gasteiger partial charge in [0.25, 0.3) is 0 Å². The van der Waals surface area contributed by atoms with Gasteiger partial charge in [0.15, 0.2) is 0 Å². The molecular weight excluding hydrogens is 178 g/mol. The Morgan fingerprint density at radius 2 is 2.29 bits per heavy atom. The Hall–Kier alpha value is -1.51. The summed E-state index contributed by atoms with van der Waals surface area (Å²) >= 11 is 0. The highest BCUT2D eigenvalue weighted by molar-refractivity contribution is 5.76. The van der Waals surface area contributed by atoms with E-state index in [4.69, 9.17) is 4.74 Å². The second-order valence-corrected chi connectivity index (χ2v) is 2.94.